The fraction of sp³-hybridized carbons (Fsp3) is 0.100. The number of carbonyl (C=O) groups excluding carboxylic acids is 2. The lowest BCUT2D eigenvalue weighted by Gasteiger charge is -2.10. The maximum atomic E-state index is 12.2. The van der Waals surface area contributed by atoms with Gasteiger partial charge in [0.2, 0.25) is 5.91 Å². The molecular formula is C20H17ClN2O2S2. The minimum absolute atomic E-state index is 0.113. The lowest BCUT2D eigenvalue weighted by molar-refractivity contribution is -0.113. The zero-order chi connectivity index (χ0) is 19.2. The molecule has 0 atom stereocenters. The Morgan fingerprint density at radius 1 is 1.07 bits per heavy atom. The van der Waals surface area contributed by atoms with E-state index in [9.17, 15) is 9.59 Å². The minimum atomic E-state index is -0.138. The first kappa shape index (κ1) is 19.5. The molecule has 138 valence electrons. The van der Waals surface area contributed by atoms with Crippen LogP contribution in [0.25, 0.3) is 0 Å². The van der Waals surface area contributed by atoms with Gasteiger partial charge in [-0.25, -0.2) is 0 Å². The van der Waals surface area contributed by atoms with Gasteiger partial charge >= 0.3 is 0 Å². The van der Waals surface area contributed by atoms with Crippen molar-refractivity contribution in [3.63, 3.8) is 0 Å². The fourth-order valence-electron chi connectivity index (χ4n) is 2.34. The van der Waals surface area contributed by atoms with E-state index in [0.717, 1.165) is 10.5 Å². The van der Waals surface area contributed by atoms with Crippen molar-refractivity contribution in [2.75, 3.05) is 16.4 Å². The van der Waals surface area contributed by atoms with Crippen molar-refractivity contribution < 1.29 is 9.59 Å². The number of anilines is 2. The number of nitrogens with one attached hydrogen (secondary N) is 2. The van der Waals surface area contributed by atoms with Crippen LogP contribution in [-0.2, 0) is 4.79 Å². The second-order valence-corrected chi connectivity index (χ2v) is 8.11. The number of rotatable bonds is 6. The Labute approximate surface area is 170 Å². The van der Waals surface area contributed by atoms with E-state index in [2.05, 4.69) is 10.6 Å². The summed E-state index contributed by atoms with van der Waals surface area (Å²) in [5.41, 5.74) is 2.25. The van der Waals surface area contributed by atoms with E-state index in [0.29, 0.717) is 21.3 Å². The first-order chi connectivity index (χ1) is 13.0. The number of halogens is 1. The van der Waals surface area contributed by atoms with Gasteiger partial charge in [-0.3, -0.25) is 9.59 Å². The average molecular weight is 417 g/mol. The summed E-state index contributed by atoms with van der Waals surface area (Å²) in [6.07, 6.45) is 0. The summed E-state index contributed by atoms with van der Waals surface area (Å²) in [6, 6.07) is 16.5. The Balaban J connectivity index is 1.57. The Hall–Kier alpha value is -2.28. The molecule has 2 aromatic carbocycles. The molecule has 2 amide bonds. The van der Waals surface area contributed by atoms with Crippen molar-refractivity contribution in [3.8, 4) is 0 Å². The van der Waals surface area contributed by atoms with E-state index in [1.807, 2.05) is 48.7 Å². The van der Waals surface area contributed by atoms with Crippen LogP contribution in [0.15, 0.2) is 64.9 Å². The third-order valence-electron chi connectivity index (χ3n) is 3.75. The van der Waals surface area contributed by atoms with Crippen LogP contribution in [0, 0.1) is 6.92 Å². The Bertz CT molecular complexity index is 958. The fourth-order valence-corrected chi connectivity index (χ4v) is 3.89. The van der Waals surface area contributed by atoms with Gasteiger partial charge in [0.25, 0.3) is 5.91 Å². The van der Waals surface area contributed by atoms with E-state index in [1.165, 1.54) is 23.1 Å². The maximum absolute atomic E-state index is 12.2. The van der Waals surface area contributed by atoms with Crippen LogP contribution in [0.5, 0.6) is 0 Å². The Kier molecular flexibility index (Phi) is 6.55. The highest BCUT2D eigenvalue weighted by atomic mass is 35.5. The van der Waals surface area contributed by atoms with Crippen LogP contribution in [0.4, 0.5) is 11.4 Å². The minimum Gasteiger partial charge on any atom is -0.325 e. The molecule has 0 saturated heterocycles. The van der Waals surface area contributed by atoms with Crippen LogP contribution >= 0.6 is 34.7 Å². The predicted octanol–water partition coefficient (Wildman–Crippen LogP) is 5.69. The number of hydrogen-bond donors (Lipinski definition) is 2. The zero-order valence-corrected chi connectivity index (χ0v) is 16.9. The molecule has 0 aliphatic heterocycles. The smallest absolute Gasteiger partial charge is 0.265 e. The van der Waals surface area contributed by atoms with Crippen molar-refractivity contribution in [2.45, 2.75) is 11.8 Å². The molecule has 0 radical (unpaired) electrons. The molecule has 1 aromatic heterocycles. The molecule has 7 heteroatoms. The van der Waals surface area contributed by atoms with Crippen LogP contribution in [0.1, 0.15) is 15.2 Å². The molecule has 0 saturated carbocycles. The number of thiophene rings is 1. The van der Waals surface area contributed by atoms with Crippen LogP contribution < -0.4 is 10.6 Å². The maximum Gasteiger partial charge on any atom is 0.265 e. The number of amides is 2. The highest BCUT2D eigenvalue weighted by Gasteiger charge is 2.09. The van der Waals surface area contributed by atoms with Crippen molar-refractivity contribution >= 4 is 57.9 Å². The monoisotopic (exact) mass is 416 g/mol. The molecule has 0 spiro atoms. The lowest BCUT2D eigenvalue weighted by Crippen LogP contribution is -2.15. The molecule has 2 N–H and O–H groups in total. The summed E-state index contributed by atoms with van der Waals surface area (Å²) < 4.78 is 0. The molecular weight excluding hydrogens is 400 g/mol. The van der Waals surface area contributed by atoms with Gasteiger partial charge in [-0.05, 0) is 54.3 Å². The summed E-state index contributed by atoms with van der Waals surface area (Å²) in [5, 5.41) is 8.23. The summed E-state index contributed by atoms with van der Waals surface area (Å²) in [4.78, 5) is 25.9. The molecule has 1 heterocycles. The summed E-state index contributed by atoms with van der Waals surface area (Å²) in [7, 11) is 0. The van der Waals surface area contributed by atoms with Gasteiger partial charge in [0.15, 0.2) is 0 Å². The van der Waals surface area contributed by atoms with E-state index in [-0.39, 0.29) is 17.6 Å². The second-order valence-electron chi connectivity index (χ2n) is 5.71. The topological polar surface area (TPSA) is 58.2 Å². The van der Waals surface area contributed by atoms with Crippen molar-refractivity contribution in [1.29, 1.82) is 0 Å². The van der Waals surface area contributed by atoms with E-state index < -0.39 is 0 Å². The van der Waals surface area contributed by atoms with Crippen LogP contribution in [-0.4, -0.2) is 17.6 Å². The Morgan fingerprint density at radius 3 is 2.67 bits per heavy atom. The van der Waals surface area contributed by atoms with Gasteiger partial charge in [0, 0.05) is 21.3 Å². The molecule has 0 fully saturated rings. The summed E-state index contributed by atoms with van der Waals surface area (Å²) >= 11 is 8.87. The first-order valence-electron chi connectivity index (χ1n) is 8.15. The zero-order valence-electron chi connectivity index (χ0n) is 14.5. The average Bonchev–Trinajstić information content (AvgIpc) is 3.19. The molecule has 3 aromatic rings. The summed E-state index contributed by atoms with van der Waals surface area (Å²) in [6.45, 7) is 1.87. The normalized spacial score (nSPS) is 10.4. The van der Waals surface area contributed by atoms with Gasteiger partial charge in [-0.1, -0.05) is 29.8 Å². The van der Waals surface area contributed by atoms with Gasteiger partial charge in [-0.15, -0.1) is 23.1 Å². The SMILES string of the molecule is Cc1c(Cl)cccc1NC(=O)CSc1cccc(NC(=O)c2cccs2)c1. The number of benzene rings is 2. The highest BCUT2D eigenvalue weighted by molar-refractivity contribution is 8.00. The predicted molar refractivity (Wildman–Crippen MR) is 114 cm³/mol. The van der Waals surface area contributed by atoms with Crippen molar-refractivity contribution in [2.24, 2.45) is 0 Å². The molecule has 4 nitrogen and oxygen atoms in total. The number of carbonyl (C=O) groups is 2. The second kappa shape index (κ2) is 9.08. The van der Waals surface area contributed by atoms with Crippen LogP contribution in [0.2, 0.25) is 5.02 Å². The highest BCUT2D eigenvalue weighted by Crippen LogP contribution is 2.25. The molecule has 27 heavy (non-hydrogen) atoms. The van der Waals surface area contributed by atoms with Gasteiger partial charge in [0.05, 0.1) is 10.6 Å². The number of thioether (sulfide) groups is 1. The lowest BCUT2D eigenvalue weighted by atomic mass is 10.2. The van der Waals surface area contributed by atoms with Crippen molar-refractivity contribution in [3.05, 3.63) is 75.4 Å². The van der Waals surface area contributed by atoms with Gasteiger partial charge < -0.3 is 10.6 Å². The molecule has 0 unspecified atom stereocenters. The number of hydrogen-bond acceptors (Lipinski definition) is 4. The molecule has 0 aliphatic rings. The van der Waals surface area contributed by atoms with Crippen LogP contribution in [0.3, 0.4) is 0 Å². The van der Waals surface area contributed by atoms with E-state index in [1.54, 1.807) is 18.2 Å². The standard InChI is InChI=1S/C20H17ClN2O2S2/c1-13-16(21)7-3-8-17(13)23-19(24)12-27-15-6-2-5-14(11-15)22-20(25)18-9-4-10-26-18/h2-11H,12H2,1H3,(H,22,25)(H,23,24). The Morgan fingerprint density at radius 2 is 1.89 bits per heavy atom. The van der Waals surface area contributed by atoms with Gasteiger partial charge in [0.1, 0.15) is 0 Å². The molecule has 0 aliphatic carbocycles. The first-order valence-corrected chi connectivity index (χ1v) is 10.4. The van der Waals surface area contributed by atoms with Gasteiger partial charge in [-0.2, -0.15) is 0 Å². The molecule has 0 bridgehead atoms. The quantitative estimate of drug-likeness (QED) is 0.507. The third kappa shape index (κ3) is 5.35. The van der Waals surface area contributed by atoms with E-state index in [4.69, 9.17) is 11.6 Å². The van der Waals surface area contributed by atoms with E-state index >= 15 is 0 Å². The molecule has 3 rings (SSSR count). The van der Waals surface area contributed by atoms with Crippen molar-refractivity contribution in [1.82, 2.24) is 0 Å². The third-order valence-corrected chi connectivity index (χ3v) is 6.02. The largest absolute Gasteiger partial charge is 0.325 e. The summed E-state index contributed by atoms with van der Waals surface area (Å²) in [5.74, 6) is 0.00795.